The monoisotopic (exact) mass is 263 g/mol. The molecule has 0 atom stereocenters. The molecule has 1 fully saturated rings. The highest BCUT2D eigenvalue weighted by Gasteiger charge is 2.23. The molecule has 0 spiro atoms. The van der Waals surface area contributed by atoms with Crippen LogP contribution in [0.4, 0.5) is 5.69 Å². The van der Waals surface area contributed by atoms with Gasteiger partial charge in [0.15, 0.2) is 0 Å². The fourth-order valence-electron chi connectivity index (χ4n) is 2.36. The maximum absolute atomic E-state index is 11.2. The number of anilines is 1. The molecule has 1 aromatic carbocycles. The Hall–Kier alpha value is -1.55. The Kier molecular flexibility index (Phi) is 3.80. The van der Waals surface area contributed by atoms with Gasteiger partial charge in [-0.15, -0.1) is 0 Å². The summed E-state index contributed by atoms with van der Waals surface area (Å²) in [4.78, 5) is 13.4. The van der Waals surface area contributed by atoms with Crippen molar-refractivity contribution in [3.63, 3.8) is 0 Å². The molecule has 0 aromatic heterocycles. The third-order valence-electron chi connectivity index (χ3n) is 3.40. The van der Waals surface area contributed by atoms with Crippen LogP contribution < -0.4 is 4.90 Å². The number of aromatic carboxylic acids is 1. The summed E-state index contributed by atoms with van der Waals surface area (Å²) in [6, 6.07) is 5.41. The second kappa shape index (κ2) is 5.21. The standard InChI is InChI=1S/C15H21NO3/c1-15(2,3)12-5-4-11(14(17)18)10-13(12)16-6-8-19-9-7-16/h4-5,10H,6-9H2,1-3H3,(H,17,18). The van der Waals surface area contributed by atoms with Gasteiger partial charge < -0.3 is 14.7 Å². The number of hydrogen-bond acceptors (Lipinski definition) is 3. The minimum absolute atomic E-state index is 0.00926. The lowest BCUT2D eigenvalue weighted by molar-refractivity contribution is 0.0697. The van der Waals surface area contributed by atoms with Crippen molar-refractivity contribution in [3.05, 3.63) is 29.3 Å². The molecule has 19 heavy (non-hydrogen) atoms. The van der Waals surface area contributed by atoms with Crippen molar-refractivity contribution in [2.45, 2.75) is 26.2 Å². The molecule has 0 aliphatic carbocycles. The second-order valence-corrected chi connectivity index (χ2v) is 5.89. The van der Waals surface area contributed by atoms with Gasteiger partial charge in [0.05, 0.1) is 18.8 Å². The summed E-state index contributed by atoms with van der Waals surface area (Å²) in [6.45, 7) is 9.45. The maximum Gasteiger partial charge on any atom is 0.335 e. The Labute approximate surface area is 114 Å². The predicted molar refractivity (Wildman–Crippen MR) is 75.1 cm³/mol. The van der Waals surface area contributed by atoms with Crippen molar-refractivity contribution in [2.24, 2.45) is 0 Å². The lowest BCUT2D eigenvalue weighted by Gasteiger charge is -2.34. The number of carbonyl (C=O) groups is 1. The number of carboxylic acids is 1. The molecule has 1 aliphatic heterocycles. The van der Waals surface area contributed by atoms with Crippen LogP contribution in [0.5, 0.6) is 0 Å². The SMILES string of the molecule is CC(C)(C)c1ccc(C(=O)O)cc1N1CCOCC1. The van der Waals surface area contributed by atoms with Crippen LogP contribution in [0.3, 0.4) is 0 Å². The van der Waals surface area contributed by atoms with E-state index in [1.807, 2.05) is 6.07 Å². The van der Waals surface area contributed by atoms with Gasteiger partial charge >= 0.3 is 5.97 Å². The third kappa shape index (κ3) is 3.07. The van der Waals surface area contributed by atoms with Gasteiger partial charge in [0.2, 0.25) is 0 Å². The summed E-state index contributed by atoms with van der Waals surface area (Å²) >= 11 is 0. The van der Waals surface area contributed by atoms with E-state index in [4.69, 9.17) is 9.84 Å². The molecule has 0 unspecified atom stereocenters. The van der Waals surface area contributed by atoms with E-state index in [0.29, 0.717) is 18.8 Å². The summed E-state index contributed by atoms with van der Waals surface area (Å²) in [5.41, 5.74) is 2.54. The van der Waals surface area contributed by atoms with Crippen LogP contribution in [-0.2, 0) is 10.2 Å². The summed E-state index contributed by atoms with van der Waals surface area (Å²) in [5, 5.41) is 9.16. The van der Waals surface area contributed by atoms with E-state index in [2.05, 4.69) is 25.7 Å². The fraction of sp³-hybridized carbons (Fsp3) is 0.533. The Bertz CT molecular complexity index is 471. The zero-order chi connectivity index (χ0) is 14.0. The highest BCUT2D eigenvalue weighted by Crippen LogP contribution is 2.33. The first-order valence-corrected chi connectivity index (χ1v) is 6.60. The molecule has 0 bridgehead atoms. The molecule has 4 heteroatoms. The van der Waals surface area contributed by atoms with Gasteiger partial charge in [-0.3, -0.25) is 0 Å². The molecule has 104 valence electrons. The summed E-state index contributed by atoms with van der Waals surface area (Å²) < 4.78 is 5.37. The first-order chi connectivity index (χ1) is 8.89. The first-order valence-electron chi connectivity index (χ1n) is 6.60. The minimum atomic E-state index is -0.880. The van der Waals surface area contributed by atoms with Crippen molar-refractivity contribution in [1.82, 2.24) is 0 Å². The van der Waals surface area contributed by atoms with E-state index in [1.165, 1.54) is 5.56 Å². The Morgan fingerprint density at radius 1 is 1.26 bits per heavy atom. The maximum atomic E-state index is 11.2. The number of benzene rings is 1. The number of ether oxygens (including phenoxy) is 1. The van der Waals surface area contributed by atoms with Crippen LogP contribution in [0.1, 0.15) is 36.7 Å². The molecular weight excluding hydrogens is 242 g/mol. The fourth-order valence-corrected chi connectivity index (χ4v) is 2.36. The second-order valence-electron chi connectivity index (χ2n) is 5.89. The molecule has 1 aromatic rings. The van der Waals surface area contributed by atoms with Gasteiger partial charge in [-0.05, 0) is 23.1 Å². The van der Waals surface area contributed by atoms with E-state index >= 15 is 0 Å². The van der Waals surface area contributed by atoms with Crippen molar-refractivity contribution in [2.75, 3.05) is 31.2 Å². The molecule has 0 radical (unpaired) electrons. The lowest BCUT2D eigenvalue weighted by atomic mass is 9.84. The summed E-state index contributed by atoms with van der Waals surface area (Å²) in [7, 11) is 0. The Morgan fingerprint density at radius 3 is 2.42 bits per heavy atom. The third-order valence-corrected chi connectivity index (χ3v) is 3.40. The smallest absolute Gasteiger partial charge is 0.335 e. The molecule has 4 nitrogen and oxygen atoms in total. The molecule has 0 amide bonds. The van der Waals surface area contributed by atoms with Crippen LogP contribution >= 0.6 is 0 Å². The molecule has 1 aliphatic rings. The zero-order valence-electron chi connectivity index (χ0n) is 11.8. The molecular formula is C15H21NO3. The zero-order valence-corrected chi connectivity index (χ0v) is 11.8. The number of morpholine rings is 1. The normalized spacial score (nSPS) is 16.5. The minimum Gasteiger partial charge on any atom is -0.478 e. The number of rotatable bonds is 2. The van der Waals surface area contributed by atoms with Crippen LogP contribution in [0.2, 0.25) is 0 Å². The van der Waals surface area contributed by atoms with E-state index in [-0.39, 0.29) is 5.41 Å². The largest absolute Gasteiger partial charge is 0.478 e. The topological polar surface area (TPSA) is 49.8 Å². The summed E-state index contributed by atoms with van der Waals surface area (Å²) in [5.74, 6) is -0.880. The van der Waals surface area contributed by atoms with E-state index in [0.717, 1.165) is 18.8 Å². The van der Waals surface area contributed by atoms with Gasteiger partial charge in [0.25, 0.3) is 0 Å². The quantitative estimate of drug-likeness (QED) is 0.890. The number of carboxylic acid groups (broad SMARTS) is 1. The molecule has 0 saturated carbocycles. The lowest BCUT2D eigenvalue weighted by Crippen LogP contribution is -2.37. The number of nitrogens with zero attached hydrogens (tertiary/aromatic N) is 1. The van der Waals surface area contributed by atoms with Crippen molar-refractivity contribution in [1.29, 1.82) is 0 Å². The van der Waals surface area contributed by atoms with Crippen LogP contribution in [0.15, 0.2) is 18.2 Å². The highest BCUT2D eigenvalue weighted by atomic mass is 16.5. The van der Waals surface area contributed by atoms with E-state index < -0.39 is 5.97 Å². The number of hydrogen-bond donors (Lipinski definition) is 1. The van der Waals surface area contributed by atoms with Gasteiger partial charge in [0, 0.05) is 18.8 Å². The highest BCUT2D eigenvalue weighted by molar-refractivity contribution is 5.89. The summed E-state index contributed by atoms with van der Waals surface area (Å²) in [6.07, 6.45) is 0. The van der Waals surface area contributed by atoms with E-state index in [1.54, 1.807) is 12.1 Å². The van der Waals surface area contributed by atoms with Crippen molar-refractivity contribution < 1.29 is 14.6 Å². The molecule has 1 saturated heterocycles. The van der Waals surface area contributed by atoms with Gasteiger partial charge in [-0.25, -0.2) is 4.79 Å². The van der Waals surface area contributed by atoms with Gasteiger partial charge in [-0.1, -0.05) is 26.8 Å². The van der Waals surface area contributed by atoms with Crippen LogP contribution in [0.25, 0.3) is 0 Å². The van der Waals surface area contributed by atoms with Crippen LogP contribution in [0, 0.1) is 0 Å². The van der Waals surface area contributed by atoms with Crippen LogP contribution in [-0.4, -0.2) is 37.4 Å². The Balaban J connectivity index is 2.46. The first kappa shape index (κ1) is 13.9. The van der Waals surface area contributed by atoms with Gasteiger partial charge in [-0.2, -0.15) is 0 Å². The molecule has 1 heterocycles. The van der Waals surface area contributed by atoms with Crippen molar-refractivity contribution in [3.8, 4) is 0 Å². The van der Waals surface area contributed by atoms with Crippen molar-refractivity contribution >= 4 is 11.7 Å². The Morgan fingerprint density at radius 2 is 1.89 bits per heavy atom. The predicted octanol–water partition coefficient (Wildman–Crippen LogP) is 2.52. The average molecular weight is 263 g/mol. The average Bonchev–Trinajstić information content (AvgIpc) is 2.38. The molecule has 2 rings (SSSR count). The van der Waals surface area contributed by atoms with Gasteiger partial charge in [0.1, 0.15) is 0 Å². The molecule has 1 N–H and O–H groups in total. The van der Waals surface area contributed by atoms with E-state index in [9.17, 15) is 4.79 Å².